The molecule has 1 aromatic rings. The van der Waals surface area contributed by atoms with E-state index in [1.807, 2.05) is 23.1 Å². The maximum atomic E-state index is 7.32. The molecular formula is C9H10N3. The minimum Gasteiger partial charge on any atom is -0.370 e. The molecular weight excluding hydrogens is 150 g/mol. The van der Waals surface area contributed by atoms with Crippen molar-refractivity contribution in [3.63, 3.8) is 0 Å². The minimum atomic E-state index is 0.125. The number of anilines is 1. The SMILES string of the molecule is N=C(N)N1CCc2c[c]ccc21. The molecule has 1 aliphatic rings. The van der Waals surface area contributed by atoms with Crippen LogP contribution in [0.2, 0.25) is 0 Å². The first-order chi connectivity index (χ1) is 5.79. The lowest BCUT2D eigenvalue weighted by Gasteiger charge is -2.15. The molecule has 1 heterocycles. The highest BCUT2D eigenvalue weighted by Gasteiger charge is 2.19. The van der Waals surface area contributed by atoms with Crippen molar-refractivity contribution < 1.29 is 0 Å². The minimum absolute atomic E-state index is 0.125. The van der Waals surface area contributed by atoms with Crippen molar-refractivity contribution in [1.29, 1.82) is 5.41 Å². The van der Waals surface area contributed by atoms with Crippen LogP contribution in [-0.4, -0.2) is 12.5 Å². The Morgan fingerprint density at radius 3 is 3.25 bits per heavy atom. The van der Waals surface area contributed by atoms with Crippen LogP contribution >= 0.6 is 0 Å². The summed E-state index contributed by atoms with van der Waals surface area (Å²) in [6, 6.07) is 8.77. The summed E-state index contributed by atoms with van der Waals surface area (Å²) in [5.41, 5.74) is 7.70. The topological polar surface area (TPSA) is 53.1 Å². The van der Waals surface area contributed by atoms with Crippen molar-refractivity contribution in [1.82, 2.24) is 0 Å². The van der Waals surface area contributed by atoms with Crippen LogP contribution in [0.3, 0.4) is 0 Å². The van der Waals surface area contributed by atoms with Crippen molar-refractivity contribution in [2.75, 3.05) is 11.4 Å². The Bertz CT molecular complexity index is 319. The third-order valence-corrected chi connectivity index (χ3v) is 2.11. The van der Waals surface area contributed by atoms with Gasteiger partial charge in [0.15, 0.2) is 5.96 Å². The number of nitrogens with two attached hydrogens (primary N) is 1. The second kappa shape index (κ2) is 2.52. The Morgan fingerprint density at radius 2 is 2.50 bits per heavy atom. The molecule has 3 N–H and O–H groups in total. The fraction of sp³-hybridized carbons (Fsp3) is 0.222. The summed E-state index contributed by atoms with van der Waals surface area (Å²) < 4.78 is 0. The van der Waals surface area contributed by atoms with Gasteiger partial charge in [0, 0.05) is 12.2 Å². The summed E-state index contributed by atoms with van der Waals surface area (Å²) in [7, 11) is 0. The molecule has 0 fully saturated rings. The summed E-state index contributed by atoms with van der Waals surface area (Å²) in [6.45, 7) is 0.822. The Labute approximate surface area is 71.3 Å². The number of nitrogens with zero attached hydrogens (tertiary/aromatic N) is 1. The van der Waals surface area contributed by atoms with Crippen molar-refractivity contribution in [2.24, 2.45) is 5.73 Å². The Kier molecular flexibility index (Phi) is 1.50. The zero-order chi connectivity index (χ0) is 8.55. The van der Waals surface area contributed by atoms with E-state index < -0.39 is 0 Å². The molecule has 1 aromatic carbocycles. The second-order valence-corrected chi connectivity index (χ2v) is 2.84. The number of rotatable bonds is 0. The van der Waals surface area contributed by atoms with Gasteiger partial charge in [-0.2, -0.15) is 0 Å². The van der Waals surface area contributed by atoms with E-state index in [9.17, 15) is 0 Å². The largest absolute Gasteiger partial charge is 0.370 e. The highest BCUT2D eigenvalue weighted by Crippen LogP contribution is 2.26. The van der Waals surface area contributed by atoms with Gasteiger partial charge >= 0.3 is 0 Å². The maximum absolute atomic E-state index is 7.32. The zero-order valence-electron chi connectivity index (χ0n) is 6.67. The summed E-state index contributed by atoms with van der Waals surface area (Å²) >= 11 is 0. The first kappa shape index (κ1) is 7.16. The molecule has 0 spiro atoms. The molecule has 0 aromatic heterocycles. The van der Waals surface area contributed by atoms with Gasteiger partial charge in [-0.25, -0.2) is 0 Å². The predicted octanol–water partition coefficient (Wildman–Crippen LogP) is 0.743. The van der Waals surface area contributed by atoms with Crippen LogP contribution < -0.4 is 10.6 Å². The van der Waals surface area contributed by atoms with Crippen LogP contribution in [0, 0.1) is 11.5 Å². The van der Waals surface area contributed by atoms with Gasteiger partial charge in [0.25, 0.3) is 0 Å². The quantitative estimate of drug-likeness (QED) is 0.434. The Hall–Kier alpha value is -1.51. The average molecular weight is 160 g/mol. The van der Waals surface area contributed by atoms with Gasteiger partial charge in [-0.05, 0) is 30.2 Å². The number of hydrogen-bond acceptors (Lipinski definition) is 1. The summed E-state index contributed by atoms with van der Waals surface area (Å²) in [5.74, 6) is 0.125. The molecule has 0 unspecified atom stereocenters. The van der Waals surface area contributed by atoms with Crippen LogP contribution in [0.25, 0.3) is 0 Å². The zero-order valence-corrected chi connectivity index (χ0v) is 6.67. The van der Waals surface area contributed by atoms with Crippen LogP contribution in [0.1, 0.15) is 5.56 Å². The summed E-state index contributed by atoms with van der Waals surface area (Å²) in [6.07, 6.45) is 0.965. The smallest absolute Gasteiger partial charge is 0.192 e. The number of fused-ring (bicyclic) bond motifs is 1. The van der Waals surface area contributed by atoms with Crippen LogP contribution in [0.5, 0.6) is 0 Å². The van der Waals surface area contributed by atoms with Crippen molar-refractivity contribution in [2.45, 2.75) is 6.42 Å². The molecule has 1 radical (unpaired) electrons. The van der Waals surface area contributed by atoms with Gasteiger partial charge < -0.3 is 10.6 Å². The number of nitrogens with one attached hydrogen (secondary N) is 1. The van der Waals surface area contributed by atoms with E-state index in [1.54, 1.807) is 0 Å². The monoisotopic (exact) mass is 160 g/mol. The van der Waals surface area contributed by atoms with Crippen molar-refractivity contribution in [3.8, 4) is 0 Å². The van der Waals surface area contributed by atoms with E-state index in [0.29, 0.717) is 0 Å². The van der Waals surface area contributed by atoms with E-state index in [0.717, 1.165) is 18.7 Å². The predicted molar refractivity (Wildman–Crippen MR) is 48.2 cm³/mol. The fourth-order valence-electron chi connectivity index (χ4n) is 1.52. The molecule has 3 heteroatoms. The first-order valence-electron chi connectivity index (χ1n) is 3.89. The van der Waals surface area contributed by atoms with Crippen LogP contribution in [0.4, 0.5) is 5.69 Å². The molecule has 2 rings (SSSR count). The average Bonchev–Trinajstić information content (AvgIpc) is 2.47. The standard InChI is InChI=1S/C9H10N3/c10-9(11)12-6-5-7-3-1-2-4-8(7)12/h2-4H,5-6H2,(H3,10,11). The number of guanidine groups is 1. The van der Waals surface area contributed by atoms with E-state index in [1.165, 1.54) is 5.56 Å². The first-order valence-corrected chi connectivity index (χ1v) is 3.89. The van der Waals surface area contributed by atoms with Gasteiger partial charge in [-0.1, -0.05) is 6.07 Å². The van der Waals surface area contributed by atoms with Crippen molar-refractivity contribution in [3.05, 3.63) is 29.8 Å². The van der Waals surface area contributed by atoms with Gasteiger partial charge in [0.2, 0.25) is 0 Å². The molecule has 61 valence electrons. The molecule has 12 heavy (non-hydrogen) atoms. The number of benzene rings is 1. The molecule has 0 aliphatic carbocycles. The Balaban J connectivity index is 2.42. The van der Waals surface area contributed by atoms with Gasteiger partial charge in [0.1, 0.15) is 0 Å². The molecule has 0 saturated heterocycles. The molecule has 0 amide bonds. The lowest BCUT2D eigenvalue weighted by molar-refractivity contribution is 1.00. The normalized spacial score (nSPS) is 14.5. The molecule has 0 atom stereocenters. The third-order valence-electron chi connectivity index (χ3n) is 2.11. The van der Waals surface area contributed by atoms with Crippen LogP contribution in [-0.2, 0) is 6.42 Å². The lowest BCUT2D eigenvalue weighted by Crippen LogP contribution is -2.34. The highest BCUT2D eigenvalue weighted by molar-refractivity contribution is 5.94. The fourth-order valence-corrected chi connectivity index (χ4v) is 1.52. The molecule has 0 saturated carbocycles. The Morgan fingerprint density at radius 1 is 1.67 bits per heavy atom. The van der Waals surface area contributed by atoms with E-state index in [4.69, 9.17) is 11.1 Å². The lowest BCUT2D eigenvalue weighted by atomic mass is 10.2. The van der Waals surface area contributed by atoms with E-state index in [2.05, 4.69) is 6.07 Å². The summed E-state index contributed by atoms with van der Waals surface area (Å²) in [4.78, 5) is 1.81. The van der Waals surface area contributed by atoms with Crippen LogP contribution in [0.15, 0.2) is 18.2 Å². The van der Waals surface area contributed by atoms with E-state index in [-0.39, 0.29) is 5.96 Å². The van der Waals surface area contributed by atoms with Gasteiger partial charge in [-0.3, -0.25) is 5.41 Å². The van der Waals surface area contributed by atoms with Gasteiger partial charge in [0.05, 0.1) is 0 Å². The summed E-state index contributed by atoms with van der Waals surface area (Å²) in [5, 5.41) is 7.32. The van der Waals surface area contributed by atoms with Gasteiger partial charge in [-0.15, -0.1) is 0 Å². The molecule has 3 nitrogen and oxygen atoms in total. The molecule has 0 bridgehead atoms. The maximum Gasteiger partial charge on any atom is 0.192 e. The molecule has 1 aliphatic heterocycles. The van der Waals surface area contributed by atoms with Crippen molar-refractivity contribution >= 4 is 11.6 Å². The highest BCUT2D eigenvalue weighted by atomic mass is 15.2. The van der Waals surface area contributed by atoms with E-state index >= 15 is 0 Å². The second-order valence-electron chi connectivity index (χ2n) is 2.84. The number of hydrogen-bond donors (Lipinski definition) is 2. The third kappa shape index (κ3) is 0.942.